The zero-order valence-corrected chi connectivity index (χ0v) is 12.5. The second kappa shape index (κ2) is 5.31. The minimum Gasteiger partial charge on any atom is -0.398 e. The number of nitrogens with one attached hydrogen (secondary N) is 1. The van der Waals surface area contributed by atoms with Crippen LogP contribution in [-0.4, -0.2) is 14.0 Å². The Balaban J connectivity index is 2.29. The molecule has 0 amide bonds. The van der Waals surface area contributed by atoms with Crippen LogP contribution in [0, 0.1) is 0 Å². The second-order valence-electron chi connectivity index (χ2n) is 5.41. The van der Waals surface area contributed by atoms with Crippen LogP contribution >= 0.6 is 11.6 Å². The summed E-state index contributed by atoms with van der Waals surface area (Å²) in [6.45, 7) is 1.95. The summed E-state index contributed by atoms with van der Waals surface area (Å²) in [6.07, 6.45) is 4.96. The van der Waals surface area contributed by atoms with E-state index in [0.717, 1.165) is 32.1 Å². The molecule has 1 saturated carbocycles. The standard InChI is InChI=1S/C13H19ClN2O2S/c1-13(7-3-2-4-8-13)16-19(17,18)12-9-10(14)5-6-11(12)15/h5-6,9,16H,2-4,7-8,15H2,1H3. The van der Waals surface area contributed by atoms with Crippen LogP contribution in [0.25, 0.3) is 0 Å². The van der Waals surface area contributed by atoms with Crippen LogP contribution < -0.4 is 10.5 Å². The SMILES string of the molecule is CC1(NS(=O)(=O)c2cc(Cl)ccc2N)CCCCC1. The Labute approximate surface area is 119 Å². The minimum atomic E-state index is -3.63. The second-order valence-corrected chi connectivity index (χ2v) is 7.50. The summed E-state index contributed by atoms with van der Waals surface area (Å²) in [5, 5.41) is 0.364. The maximum Gasteiger partial charge on any atom is 0.243 e. The molecule has 106 valence electrons. The highest BCUT2D eigenvalue weighted by Crippen LogP contribution is 2.31. The van der Waals surface area contributed by atoms with Gasteiger partial charge in [0.1, 0.15) is 4.90 Å². The molecule has 0 radical (unpaired) electrons. The zero-order chi connectivity index (χ0) is 14.1. The molecule has 1 aliphatic carbocycles. The smallest absolute Gasteiger partial charge is 0.243 e. The van der Waals surface area contributed by atoms with Crippen molar-refractivity contribution in [2.75, 3.05) is 5.73 Å². The molecule has 1 fully saturated rings. The Morgan fingerprint density at radius 3 is 2.53 bits per heavy atom. The molecule has 6 heteroatoms. The lowest BCUT2D eigenvalue weighted by Gasteiger charge is -2.34. The summed E-state index contributed by atoms with van der Waals surface area (Å²) in [7, 11) is -3.63. The van der Waals surface area contributed by atoms with Gasteiger partial charge in [0.05, 0.1) is 5.69 Å². The fourth-order valence-corrected chi connectivity index (χ4v) is 4.41. The highest BCUT2D eigenvalue weighted by molar-refractivity contribution is 7.89. The van der Waals surface area contributed by atoms with Crippen molar-refractivity contribution in [1.29, 1.82) is 0 Å². The Hall–Kier alpha value is -0.780. The van der Waals surface area contributed by atoms with Crippen LogP contribution in [0.5, 0.6) is 0 Å². The van der Waals surface area contributed by atoms with Crippen molar-refractivity contribution in [3.63, 3.8) is 0 Å². The first-order valence-electron chi connectivity index (χ1n) is 6.41. The van der Waals surface area contributed by atoms with Gasteiger partial charge in [0, 0.05) is 10.6 Å². The van der Waals surface area contributed by atoms with Crippen molar-refractivity contribution in [1.82, 2.24) is 4.72 Å². The van der Waals surface area contributed by atoms with Gasteiger partial charge < -0.3 is 5.73 Å². The van der Waals surface area contributed by atoms with Gasteiger partial charge in [-0.15, -0.1) is 0 Å². The monoisotopic (exact) mass is 302 g/mol. The Kier molecular flexibility index (Phi) is 4.08. The first-order valence-corrected chi connectivity index (χ1v) is 8.28. The summed E-state index contributed by atoms with van der Waals surface area (Å²) in [4.78, 5) is 0.0619. The van der Waals surface area contributed by atoms with Crippen molar-refractivity contribution in [2.24, 2.45) is 0 Å². The van der Waals surface area contributed by atoms with Gasteiger partial charge in [0.25, 0.3) is 0 Å². The van der Waals surface area contributed by atoms with Crippen molar-refractivity contribution < 1.29 is 8.42 Å². The van der Waals surface area contributed by atoms with Gasteiger partial charge in [-0.1, -0.05) is 30.9 Å². The van der Waals surface area contributed by atoms with E-state index in [1.807, 2.05) is 6.92 Å². The molecule has 1 aromatic rings. The first kappa shape index (κ1) is 14.6. The lowest BCUT2D eigenvalue weighted by molar-refractivity contribution is 0.294. The van der Waals surface area contributed by atoms with E-state index < -0.39 is 10.0 Å². The molecule has 2 rings (SSSR count). The molecule has 0 spiro atoms. The van der Waals surface area contributed by atoms with Crippen LogP contribution in [0.4, 0.5) is 5.69 Å². The van der Waals surface area contributed by atoms with Crippen molar-refractivity contribution in [2.45, 2.75) is 49.5 Å². The zero-order valence-electron chi connectivity index (χ0n) is 10.9. The molecule has 1 aromatic carbocycles. The highest BCUT2D eigenvalue weighted by atomic mass is 35.5. The fourth-order valence-electron chi connectivity index (χ4n) is 2.55. The third-order valence-electron chi connectivity index (χ3n) is 3.60. The van der Waals surface area contributed by atoms with Gasteiger partial charge in [0.2, 0.25) is 10.0 Å². The fraction of sp³-hybridized carbons (Fsp3) is 0.538. The number of benzene rings is 1. The third kappa shape index (κ3) is 3.41. The molecule has 3 N–H and O–H groups in total. The summed E-state index contributed by atoms with van der Waals surface area (Å²) >= 11 is 5.85. The quantitative estimate of drug-likeness (QED) is 0.843. The number of sulfonamides is 1. The average Bonchev–Trinajstić information content (AvgIpc) is 2.31. The molecular formula is C13H19ClN2O2S. The van der Waals surface area contributed by atoms with E-state index in [4.69, 9.17) is 17.3 Å². The molecule has 0 unspecified atom stereocenters. The molecule has 0 bridgehead atoms. The van der Waals surface area contributed by atoms with E-state index >= 15 is 0 Å². The molecule has 0 aliphatic heterocycles. The summed E-state index contributed by atoms with van der Waals surface area (Å²) in [5.74, 6) is 0. The molecule has 4 nitrogen and oxygen atoms in total. The van der Waals surface area contributed by atoms with Crippen LogP contribution in [0.3, 0.4) is 0 Å². The van der Waals surface area contributed by atoms with Crippen molar-refractivity contribution in [3.8, 4) is 0 Å². The van der Waals surface area contributed by atoms with Crippen LogP contribution in [0.2, 0.25) is 5.02 Å². The lowest BCUT2D eigenvalue weighted by Crippen LogP contribution is -2.47. The van der Waals surface area contributed by atoms with E-state index in [1.54, 1.807) is 6.07 Å². The van der Waals surface area contributed by atoms with Gasteiger partial charge in [0.15, 0.2) is 0 Å². The molecule has 1 aliphatic rings. The molecule has 0 atom stereocenters. The summed E-state index contributed by atoms with van der Waals surface area (Å²) in [6, 6.07) is 4.49. The summed E-state index contributed by atoms with van der Waals surface area (Å²) in [5.41, 5.74) is 5.58. The number of hydrogen-bond acceptors (Lipinski definition) is 3. The van der Waals surface area contributed by atoms with E-state index in [2.05, 4.69) is 4.72 Å². The maximum absolute atomic E-state index is 12.4. The molecular weight excluding hydrogens is 284 g/mol. The first-order chi connectivity index (χ1) is 8.82. The number of anilines is 1. The normalized spacial score (nSPS) is 19.3. The predicted molar refractivity (Wildman–Crippen MR) is 77.7 cm³/mol. The third-order valence-corrected chi connectivity index (χ3v) is 5.53. The van der Waals surface area contributed by atoms with Gasteiger partial charge in [-0.05, 0) is 38.0 Å². The molecule has 0 saturated heterocycles. The Bertz CT molecular complexity index is 566. The minimum absolute atomic E-state index is 0.0619. The average molecular weight is 303 g/mol. The molecule has 19 heavy (non-hydrogen) atoms. The van der Waals surface area contributed by atoms with Gasteiger partial charge in [-0.3, -0.25) is 0 Å². The largest absolute Gasteiger partial charge is 0.398 e. The number of nitrogen functional groups attached to an aromatic ring is 1. The van der Waals surface area contributed by atoms with Gasteiger partial charge >= 0.3 is 0 Å². The van der Waals surface area contributed by atoms with Gasteiger partial charge in [-0.25, -0.2) is 13.1 Å². The number of nitrogens with two attached hydrogens (primary N) is 1. The van der Waals surface area contributed by atoms with E-state index in [0.29, 0.717) is 5.02 Å². The van der Waals surface area contributed by atoms with E-state index in [-0.39, 0.29) is 16.1 Å². The van der Waals surface area contributed by atoms with Gasteiger partial charge in [-0.2, -0.15) is 0 Å². The maximum atomic E-state index is 12.4. The van der Waals surface area contributed by atoms with E-state index in [1.165, 1.54) is 12.1 Å². The molecule has 0 aromatic heterocycles. The lowest BCUT2D eigenvalue weighted by atomic mass is 9.84. The van der Waals surface area contributed by atoms with E-state index in [9.17, 15) is 8.42 Å². The van der Waals surface area contributed by atoms with Crippen molar-refractivity contribution >= 4 is 27.3 Å². The van der Waals surface area contributed by atoms with Crippen LogP contribution in [0.15, 0.2) is 23.1 Å². The van der Waals surface area contributed by atoms with Crippen LogP contribution in [-0.2, 0) is 10.0 Å². The number of rotatable bonds is 3. The Morgan fingerprint density at radius 1 is 1.26 bits per heavy atom. The highest BCUT2D eigenvalue weighted by Gasteiger charge is 2.32. The number of hydrogen-bond donors (Lipinski definition) is 2. The topological polar surface area (TPSA) is 72.2 Å². The van der Waals surface area contributed by atoms with Crippen LogP contribution in [0.1, 0.15) is 39.0 Å². The number of halogens is 1. The summed E-state index contributed by atoms with van der Waals surface area (Å²) < 4.78 is 27.6. The van der Waals surface area contributed by atoms with Crippen molar-refractivity contribution in [3.05, 3.63) is 23.2 Å². The Morgan fingerprint density at radius 2 is 1.89 bits per heavy atom. The molecule has 0 heterocycles. The predicted octanol–water partition coefficient (Wildman–Crippen LogP) is 2.92.